The van der Waals surface area contributed by atoms with Crippen molar-refractivity contribution in [2.75, 3.05) is 36.5 Å². The van der Waals surface area contributed by atoms with Gasteiger partial charge >= 0.3 is 0 Å². The number of anilines is 3. The Balaban J connectivity index is 1.70. The largest absolute Gasteiger partial charge is 0.378 e. The molecule has 1 N–H and O–H groups in total. The van der Waals surface area contributed by atoms with Gasteiger partial charge in [-0.1, -0.05) is 11.6 Å². The summed E-state index contributed by atoms with van der Waals surface area (Å²) in [7, 11) is 0. The zero-order valence-corrected chi connectivity index (χ0v) is 15.1. The number of hydrogen-bond donors (Lipinski definition) is 1. The number of benzene rings is 2. The van der Waals surface area contributed by atoms with Crippen LogP contribution in [0.3, 0.4) is 0 Å². The van der Waals surface area contributed by atoms with Gasteiger partial charge in [0.1, 0.15) is 5.15 Å². The average Bonchev–Trinajstić information content (AvgIpc) is 2.69. The first-order valence-electron chi connectivity index (χ1n) is 8.55. The van der Waals surface area contributed by atoms with E-state index in [9.17, 15) is 10.1 Å². The molecular formula is C19H17ClN4O3. The minimum absolute atomic E-state index is 0.0489. The molecule has 1 aliphatic rings. The highest BCUT2D eigenvalue weighted by Crippen LogP contribution is 2.32. The van der Waals surface area contributed by atoms with Crippen molar-refractivity contribution in [3.63, 3.8) is 0 Å². The maximum Gasteiger partial charge on any atom is 0.269 e. The van der Waals surface area contributed by atoms with Crippen molar-refractivity contribution in [1.82, 2.24) is 4.98 Å². The minimum atomic E-state index is -0.420. The highest BCUT2D eigenvalue weighted by atomic mass is 35.5. The topological polar surface area (TPSA) is 80.5 Å². The molecule has 0 atom stereocenters. The van der Waals surface area contributed by atoms with Crippen LogP contribution in [0.1, 0.15) is 0 Å². The van der Waals surface area contributed by atoms with Crippen molar-refractivity contribution in [2.24, 2.45) is 0 Å². The van der Waals surface area contributed by atoms with Gasteiger partial charge in [-0.15, -0.1) is 0 Å². The van der Waals surface area contributed by atoms with Crippen molar-refractivity contribution < 1.29 is 9.66 Å². The molecule has 0 radical (unpaired) electrons. The van der Waals surface area contributed by atoms with Crippen molar-refractivity contribution in [3.05, 3.63) is 63.8 Å². The summed E-state index contributed by atoms with van der Waals surface area (Å²) in [4.78, 5) is 17.1. The number of nitrogens with one attached hydrogen (secondary N) is 1. The molecule has 7 nitrogen and oxygen atoms in total. The molecule has 0 aliphatic carbocycles. The second kappa shape index (κ2) is 7.38. The summed E-state index contributed by atoms with van der Waals surface area (Å²) in [5.41, 5.74) is 3.47. The Labute approximate surface area is 160 Å². The molecule has 8 heteroatoms. The summed E-state index contributed by atoms with van der Waals surface area (Å²) in [6.07, 6.45) is 0. The Hall–Kier alpha value is -2.90. The number of nitro benzene ring substituents is 1. The monoisotopic (exact) mass is 384 g/mol. The molecule has 2 heterocycles. The lowest BCUT2D eigenvalue weighted by Gasteiger charge is -2.29. The van der Waals surface area contributed by atoms with Crippen LogP contribution in [0.25, 0.3) is 10.9 Å². The molecule has 3 aromatic rings. The zero-order chi connectivity index (χ0) is 18.8. The molecule has 1 aromatic heterocycles. The molecule has 27 heavy (non-hydrogen) atoms. The number of ether oxygens (including phenoxy) is 1. The maximum absolute atomic E-state index is 10.8. The second-order valence-corrected chi connectivity index (χ2v) is 6.61. The van der Waals surface area contributed by atoms with Crippen LogP contribution >= 0.6 is 11.6 Å². The minimum Gasteiger partial charge on any atom is -0.378 e. The fourth-order valence-corrected chi connectivity index (χ4v) is 3.33. The maximum atomic E-state index is 10.8. The standard InChI is InChI=1S/C19H17ClN4O3/c20-19-12-18(21-13-1-3-14(4-2-13)24(25)26)16-11-15(5-6-17(16)22-19)23-7-9-27-10-8-23/h1-6,11-12H,7-10H2,(H,21,22). The van der Waals surface area contributed by atoms with Crippen LogP contribution in [0.4, 0.5) is 22.7 Å². The van der Waals surface area contributed by atoms with Crippen LogP contribution in [-0.2, 0) is 4.74 Å². The van der Waals surface area contributed by atoms with Crippen LogP contribution in [0.5, 0.6) is 0 Å². The van der Waals surface area contributed by atoms with E-state index < -0.39 is 4.92 Å². The number of non-ortho nitro benzene ring substituents is 1. The van der Waals surface area contributed by atoms with Crippen LogP contribution in [0.2, 0.25) is 5.15 Å². The van der Waals surface area contributed by atoms with Gasteiger partial charge in [0, 0.05) is 42.0 Å². The second-order valence-electron chi connectivity index (χ2n) is 6.22. The molecule has 2 aromatic carbocycles. The predicted octanol–water partition coefficient (Wildman–Crippen LogP) is 4.38. The van der Waals surface area contributed by atoms with E-state index in [1.807, 2.05) is 12.1 Å². The summed E-state index contributed by atoms with van der Waals surface area (Å²) < 4.78 is 5.42. The van der Waals surface area contributed by atoms with Gasteiger partial charge < -0.3 is 15.0 Å². The number of nitrogens with zero attached hydrogens (tertiary/aromatic N) is 3. The molecule has 1 saturated heterocycles. The fraction of sp³-hybridized carbons (Fsp3) is 0.211. The molecule has 0 amide bonds. The summed E-state index contributed by atoms with van der Waals surface area (Å²) in [6.45, 7) is 3.12. The van der Waals surface area contributed by atoms with Gasteiger partial charge in [0.2, 0.25) is 0 Å². The number of pyridine rings is 1. The molecule has 1 aliphatic heterocycles. The van der Waals surface area contributed by atoms with E-state index in [2.05, 4.69) is 21.3 Å². The molecule has 0 spiro atoms. The Morgan fingerprint density at radius 3 is 2.56 bits per heavy atom. The third-order valence-electron chi connectivity index (χ3n) is 4.49. The van der Waals surface area contributed by atoms with Crippen LogP contribution in [0.15, 0.2) is 48.5 Å². The summed E-state index contributed by atoms with van der Waals surface area (Å²) in [5.74, 6) is 0. The van der Waals surface area contributed by atoms with Crippen molar-refractivity contribution in [2.45, 2.75) is 0 Å². The van der Waals surface area contributed by atoms with Gasteiger partial charge in [-0.25, -0.2) is 4.98 Å². The lowest BCUT2D eigenvalue weighted by molar-refractivity contribution is -0.384. The van der Waals surface area contributed by atoms with E-state index in [1.165, 1.54) is 12.1 Å². The van der Waals surface area contributed by atoms with Gasteiger partial charge in [-0.05, 0) is 36.4 Å². The molecular weight excluding hydrogens is 368 g/mol. The van der Waals surface area contributed by atoms with Crippen LogP contribution < -0.4 is 10.2 Å². The number of morpholine rings is 1. The van der Waals surface area contributed by atoms with E-state index >= 15 is 0 Å². The smallest absolute Gasteiger partial charge is 0.269 e. The number of nitro groups is 1. The Kier molecular flexibility index (Phi) is 4.79. The van der Waals surface area contributed by atoms with E-state index in [0.29, 0.717) is 18.4 Å². The number of rotatable bonds is 4. The first-order valence-corrected chi connectivity index (χ1v) is 8.92. The van der Waals surface area contributed by atoms with Gasteiger partial charge in [-0.2, -0.15) is 0 Å². The van der Waals surface area contributed by atoms with Gasteiger partial charge in [0.15, 0.2) is 0 Å². The average molecular weight is 385 g/mol. The van der Waals surface area contributed by atoms with E-state index in [4.69, 9.17) is 16.3 Å². The third kappa shape index (κ3) is 3.79. The quantitative estimate of drug-likeness (QED) is 0.408. The van der Waals surface area contributed by atoms with Gasteiger partial charge in [0.05, 0.1) is 29.3 Å². The lowest BCUT2D eigenvalue weighted by atomic mass is 10.1. The molecule has 0 unspecified atom stereocenters. The third-order valence-corrected chi connectivity index (χ3v) is 4.69. The molecule has 0 bridgehead atoms. The van der Waals surface area contributed by atoms with E-state index in [0.717, 1.165) is 41.1 Å². The fourth-order valence-electron chi connectivity index (χ4n) is 3.13. The summed E-state index contributed by atoms with van der Waals surface area (Å²) in [5, 5.41) is 15.4. The Morgan fingerprint density at radius 2 is 1.85 bits per heavy atom. The first kappa shape index (κ1) is 17.5. The Morgan fingerprint density at radius 1 is 1.11 bits per heavy atom. The highest BCUT2D eigenvalue weighted by molar-refractivity contribution is 6.30. The molecule has 0 saturated carbocycles. The number of aromatic nitrogens is 1. The summed E-state index contributed by atoms with van der Waals surface area (Å²) in [6, 6.07) is 14.1. The highest BCUT2D eigenvalue weighted by Gasteiger charge is 2.14. The van der Waals surface area contributed by atoms with Gasteiger partial charge in [-0.3, -0.25) is 10.1 Å². The summed E-state index contributed by atoms with van der Waals surface area (Å²) >= 11 is 6.18. The van der Waals surface area contributed by atoms with Crippen molar-refractivity contribution in [3.8, 4) is 0 Å². The zero-order valence-electron chi connectivity index (χ0n) is 14.4. The molecule has 138 valence electrons. The SMILES string of the molecule is O=[N+]([O-])c1ccc(Nc2cc(Cl)nc3ccc(N4CCOCC4)cc23)cc1. The van der Waals surface area contributed by atoms with Crippen molar-refractivity contribution >= 4 is 45.3 Å². The lowest BCUT2D eigenvalue weighted by Crippen LogP contribution is -2.36. The number of fused-ring (bicyclic) bond motifs is 1. The molecule has 4 rings (SSSR count). The number of halogens is 1. The van der Waals surface area contributed by atoms with Crippen LogP contribution in [0, 0.1) is 10.1 Å². The first-order chi connectivity index (χ1) is 13.1. The van der Waals surface area contributed by atoms with Gasteiger partial charge in [0.25, 0.3) is 5.69 Å². The Bertz CT molecular complexity index is 988. The van der Waals surface area contributed by atoms with Crippen molar-refractivity contribution in [1.29, 1.82) is 0 Å². The molecule has 1 fully saturated rings. The predicted molar refractivity (Wildman–Crippen MR) is 106 cm³/mol. The van der Waals surface area contributed by atoms with E-state index in [1.54, 1.807) is 18.2 Å². The van der Waals surface area contributed by atoms with E-state index in [-0.39, 0.29) is 5.69 Å². The number of hydrogen-bond acceptors (Lipinski definition) is 6. The normalized spacial score (nSPS) is 14.3. The van der Waals surface area contributed by atoms with Crippen LogP contribution in [-0.4, -0.2) is 36.2 Å².